The fourth-order valence-corrected chi connectivity index (χ4v) is 2.35. The van der Waals surface area contributed by atoms with Crippen LogP contribution in [-0.4, -0.2) is 23.2 Å². The van der Waals surface area contributed by atoms with Gasteiger partial charge in [0.1, 0.15) is 5.76 Å². The van der Waals surface area contributed by atoms with E-state index in [1.54, 1.807) is 19.3 Å². The highest BCUT2D eigenvalue weighted by Gasteiger charge is 2.23. The predicted molar refractivity (Wildman–Crippen MR) is 90.5 cm³/mol. The average Bonchev–Trinajstić information content (AvgIpc) is 2.96. The molecule has 4 heteroatoms. The van der Waals surface area contributed by atoms with Crippen molar-refractivity contribution in [3.63, 3.8) is 0 Å². The molecule has 1 aromatic carbocycles. The van der Waals surface area contributed by atoms with Gasteiger partial charge in [0.25, 0.3) is 5.91 Å². The Morgan fingerprint density at radius 3 is 2.30 bits per heavy atom. The van der Waals surface area contributed by atoms with Crippen molar-refractivity contribution >= 4 is 5.91 Å². The second-order valence-electron chi connectivity index (χ2n) is 7.26. The fraction of sp³-hybridized carbons (Fsp3) is 0.421. The number of nitrogens with one attached hydrogen (secondary N) is 1. The molecule has 0 fully saturated rings. The van der Waals surface area contributed by atoms with Gasteiger partial charge in [-0.05, 0) is 42.2 Å². The molecule has 0 aliphatic carbocycles. The largest absolute Gasteiger partial charge is 0.469 e. The molecule has 4 nitrogen and oxygen atoms in total. The number of amides is 1. The summed E-state index contributed by atoms with van der Waals surface area (Å²) in [6.07, 6.45) is 1.92. The summed E-state index contributed by atoms with van der Waals surface area (Å²) < 4.78 is 5.23. The highest BCUT2D eigenvalue weighted by atomic mass is 16.3. The summed E-state index contributed by atoms with van der Waals surface area (Å²) in [5.41, 5.74) is 0.770. The molecule has 0 bridgehead atoms. The van der Waals surface area contributed by atoms with Crippen molar-refractivity contribution in [3.05, 3.63) is 59.5 Å². The zero-order valence-electron chi connectivity index (χ0n) is 14.2. The monoisotopic (exact) mass is 315 g/mol. The summed E-state index contributed by atoms with van der Waals surface area (Å²) in [5.74, 6) is 0.504. The molecule has 0 aliphatic rings. The molecular formula is C19H25NO3. The van der Waals surface area contributed by atoms with Crippen LogP contribution in [0.1, 0.15) is 49.4 Å². The van der Waals surface area contributed by atoms with Gasteiger partial charge in [0.2, 0.25) is 0 Å². The summed E-state index contributed by atoms with van der Waals surface area (Å²) in [5, 5.41) is 13.1. The highest BCUT2D eigenvalue weighted by Crippen LogP contribution is 2.22. The van der Waals surface area contributed by atoms with Crippen molar-refractivity contribution in [1.82, 2.24) is 5.32 Å². The summed E-state index contributed by atoms with van der Waals surface area (Å²) in [4.78, 5) is 12.2. The van der Waals surface area contributed by atoms with Crippen molar-refractivity contribution in [2.24, 2.45) is 0 Å². The van der Waals surface area contributed by atoms with E-state index < -0.39 is 5.60 Å². The van der Waals surface area contributed by atoms with Crippen LogP contribution in [0.3, 0.4) is 0 Å². The van der Waals surface area contributed by atoms with Crippen LogP contribution in [0.2, 0.25) is 0 Å². The van der Waals surface area contributed by atoms with Gasteiger partial charge in [0.05, 0.1) is 11.9 Å². The Morgan fingerprint density at radius 2 is 1.78 bits per heavy atom. The Kier molecular flexibility index (Phi) is 4.95. The Balaban J connectivity index is 1.94. The predicted octanol–water partition coefficient (Wildman–Crippen LogP) is 3.30. The molecule has 23 heavy (non-hydrogen) atoms. The van der Waals surface area contributed by atoms with E-state index in [9.17, 15) is 9.90 Å². The van der Waals surface area contributed by atoms with Crippen LogP contribution >= 0.6 is 0 Å². The zero-order valence-corrected chi connectivity index (χ0v) is 14.2. The summed E-state index contributed by atoms with van der Waals surface area (Å²) in [6, 6.07) is 11.2. The van der Waals surface area contributed by atoms with E-state index >= 15 is 0 Å². The summed E-state index contributed by atoms with van der Waals surface area (Å²) >= 11 is 0. The molecule has 0 spiro atoms. The molecule has 1 unspecified atom stereocenters. The standard InChI is InChI=1S/C19H25NO3/c1-18(2,3)15-9-7-14(8-10-15)17(21)20-13-19(4,22)12-16-6-5-11-23-16/h5-11,22H,12-13H2,1-4H3,(H,20,21). The van der Waals surface area contributed by atoms with Crippen LogP contribution in [0.15, 0.2) is 47.1 Å². The number of furan rings is 1. The lowest BCUT2D eigenvalue weighted by Crippen LogP contribution is -2.42. The Morgan fingerprint density at radius 1 is 1.13 bits per heavy atom. The summed E-state index contributed by atoms with van der Waals surface area (Å²) in [6.45, 7) is 8.24. The minimum atomic E-state index is -1.06. The molecule has 0 radical (unpaired) electrons. The molecule has 2 N–H and O–H groups in total. The van der Waals surface area contributed by atoms with Crippen molar-refractivity contribution < 1.29 is 14.3 Å². The third-order valence-electron chi connectivity index (χ3n) is 3.78. The maximum Gasteiger partial charge on any atom is 0.251 e. The SMILES string of the molecule is CC(O)(CNC(=O)c1ccc(C(C)(C)C)cc1)Cc1ccco1. The molecule has 124 valence electrons. The average molecular weight is 315 g/mol. The van der Waals surface area contributed by atoms with Gasteiger partial charge in [-0.1, -0.05) is 32.9 Å². The third-order valence-corrected chi connectivity index (χ3v) is 3.78. The van der Waals surface area contributed by atoms with Gasteiger partial charge in [0.15, 0.2) is 0 Å². The van der Waals surface area contributed by atoms with Gasteiger partial charge in [-0.3, -0.25) is 4.79 Å². The number of aliphatic hydroxyl groups is 1. The Hall–Kier alpha value is -2.07. The lowest BCUT2D eigenvalue weighted by molar-refractivity contribution is 0.0510. The Bertz CT molecular complexity index is 634. The van der Waals surface area contributed by atoms with Crippen molar-refractivity contribution in [3.8, 4) is 0 Å². The van der Waals surface area contributed by atoms with Crippen LogP contribution < -0.4 is 5.32 Å². The lowest BCUT2D eigenvalue weighted by atomic mass is 9.86. The van der Waals surface area contributed by atoms with Crippen molar-refractivity contribution in [1.29, 1.82) is 0 Å². The molecule has 1 amide bonds. The normalized spacial score (nSPS) is 14.3. The first-order valence-electron chi connectivity index (χ1n) is 7.81. The van der Waals surface area contributed by atoms with E-state index in [0.29, 0.717) is 17.7 Å². The molecule has 2 rings (SSSR count). The van der Waals surface area contributed by atoms with E-state index in [-0.39, 0.29) is 17.9 Å². The molecule has 1 atom stereocenters. The van der Waals surface area contributed by atoms with Crippen molar-refractivity contribution in [2.75, 3.05) is 6.54 Å². The topological polar surface area (TPSA) is 62.5 Å². The number of carbonyl (C=O) groups is 1. The maximum absolute atomic E-state index is 12.2. The molecule has 0 saturated heterocycles. The Labute approximate surface area is 137 Å². The van der Waals surface area contributed by atoms with Crippen LogP contribution in [0, 0.1) is 0 Å². The molecule has 1 heterocycles. The van der Waals surface area contributed by atoms with Crippen LogP contribution in [0.5, 0.6) is 0 Å². The first-order valence-corrected chi connectivity index (χ1v) is 7.81. The zero-order chi connectivity index (χ0) is 17.1. The number of carbonyl (C=O) groups excluding carboxylic acids is 1. The van der Waals surface area contributed by atoms with Gasteiger partial charge in [-0.2, -0.15) is 0 Å². The van der Waals surface area contributed by atoms with Gasteiger partial charge in [-0.25, -0.2) is 0 Å². The molecule has 0 saturated carbocycles. The number of rotatable bonds is 5. The first-order chi connectivity index (χ1) is 10.7. The molecule has 1 aromatic heterocycles. The number of benzene rings is 1. The fourth-order valence-electron chi connectivity index (χ4n) is 2.35. The minimum Gasteiger partial charge on any atom is -0.469 e. The van der Waals surface area contributed by atoms with E-state index in [1.807, 2.05) is 30.3 Å². The minimum absolute atomic E-state index is 0.0573. The van der Waals surface area contributed by atoms with Gasteiger partial charge >= 0.3 is 0 Å². The van der Waals surface area contributed by atoms with E-state index in [0.717, 1.165) is 0 Å². The van der Waals surface area contributed by atoms with Crippen molar-refractivity contribution in [2.45, 2.75) is 45.1 Å². The first kappa shape index (κ1) is 17.3. The number of hydrogen-bond donors (Lipinski definition) is 2. The van der Waals surface area contributed by atoms with Crippen LogP contribution in [-0.2, 0) is 11.8 Å². The molecular weight excluding hydrogens is 290 g/mol. The van der Waals surface area contributed by atoms with Crippen LogP contribution in [0.25, 0.3) is 0 Å². The van der Waals surface area contributed by atoms with Gasteiger partial charge in [0, 0.05) is 18.5 Å². The van der Waals surface area contributed by atoms with E-state index in [1.165, 1.54) is 5.56 Å². The second kappa shape index (κ2) is 6.59. The van der Waals surface area contributed by atoms with Crippen LogP contribution in [0.4, 0.5) is 0 Å². The lowest BCUT2D eigenvalue weighted by Gasteiger charge is -2.23. The summed E-state index contributed by atoms with van der Waals surface area (Å²) in [7, 11) is 0. The second-order valence-corrected chi connectivity index (χ2v) is 7.26. The molecule has 2 aromatic rings. The molecule has 0 aliphatic heterocycles. The quantitative estimate of drug-likeness (QED) is 0.890. The van der Waals surface area contributed by atoms with Gasteiger partial charge < -0.3 is 14.8 Å². The highest BCUT2D eigenvalue weighted by molar-refractivity contribution is 5.94. The smallest absolute Gasteiger partial charge is 0.251 e. The maximum atomic E-state index is 12.2. The number of hydrogen-bond acceptors (Lipinski definition) is 3. The van der Waals surface area contributed by atoms with E-state index in [2.05, 4.69) is 26.1 Å². The van der Waals surface area contributed by atoms with E-state index in [4.69, 9.17) is 4.42 Å². The van der Waals surface area contributed by atoms with Gasteiger partial charge in [-0.15, -0.1) is 0 Å². The third kappa shape index (κ3) is 4.96.